The van der Waals surface area contributed by atoms with E-state index in [9.17, 15) is 17.6 Å². The average Bonchev–Trinajstić information content (AvgIpc) is 3.06. The van der Waals surface area contributed by atoms with Gasteiger partial charge in [-0.3, -0.25) is 9.78 Å². The molecule has 5 atom stereocenters. The molecule has 8 nitrogen and oxygen atoms in total. The Morgan fingerprint density at radius 3 is 2.65 bits per heavy atom. The summed E-state index contributed by atoms with van der Waals surface area (Å²) >= 11 is 0. The van der Waals surface area contributed by atoms with Crippen molar-refractivity contribution in [1.82, 2.24) is 14.6 Å². The molecular formula is C29H38F2N4O4S. The number of sulfonamides is 1. The van der Waals surface area contributed by atoms with Crippen LogP contribution in [0.3, 0.4) is 0 Å². The molecule has 0 amide bonds. The molecule has 11 heteroatoms. The molecule has 3 N–H and O–H groups in total. The van der Waals surface area contributed by atoms with Gasteiger partial charge in [0.2, 0.25) is 10.0 Å². The Morgan fingerprint density at radius 2 is 1.90 bits per heavy atom. The zero-order valence-electron chi connectivity index (χ0n) is 22.6. The standard InChI is InChI=1S/C29H38F2N4O4S/c30-22-5-3-19(4-6-22)28(20-9-11-39-12-10-20)29(32)27(36)14-21-15-33-17-26(31)25(21)8-7-24-16-34-23-2-1-13-40(37,38)35(24)18-23/h3-6,15,17,20,23-24,28-29,34H,1-2,7-14,16,18,32H2/t23-,24+,28+,29-/m1/s1. The molecule has 5 rings (SSSR count). The highest BCUT2D eigenvalue weighted by molar-refractivity contribution is 7.89. The van der Waals surface area contributed by atoms with Gasteiger partial charge in [-0.2, -0.15) is 4.31 Å². The summed E-state index contributed by atoms with van der Waals surface area (Å²) in [7, 11) is -3.36. The maximum atomic E-state index is 15.1. The van der Waals surface area contributed by atoms with Crippen molar-refractivity contribution < 1.29 is 26.7 Å². The molecule has 1 unspecified atom stereocenters. The lowest BCUT2D eigenvalue weighted by atomic mass is 9.75. The largest absolute Gasteiger partial charge is 0.381 e. The summed E-state index contributed by atoms with van der Waals surface area (Å²) in [5.74, 6) is -1.21. The number of nitrogens with zero attached hydrogens (tertiary/aromatic N) is 2. The maximum absolute atomic E-state index is 15.1. The number of rotatable bonds is 9. The Hall–Kier alpha value is -2.31. The molecule has 2 aromatic rings. The molecule has 1 aromatic carbocycles. The van der Waals surface area contributed by atoms with E-state index >= 15 is 4.39 Å². The minimum atomic E-state index is -3.36. The highest BCUT2D eigenvalue weighted by Crippen LogP contribution is 2.35. The first kappa shape index (κ1) is 29.2. The summed E-state index contributed by atoms with van der Waals surface area (Å²) in [6.45, 7) is 2.10. The molecule has 0 spiro atoms. The van der Waals surface area contributed by atoms with Crippen molar-refractivity contribution in [1.29, 1.82) is 0 Å². The summed E-state index contributed by atoms with van der Waals surface area (Å²) < 4.78 is 61.5. The molecule has 218 valence electrons. The molecule has 0 aliphatic carbocycles. The number of fused-ring (bicyclic) bond motifs is 2. The number of carbonyl (C=O) groups excluding carboxylic acids is 1. The first-order valence-corrected chi connectivity index (χ1v) is 15.8. The molecular weight excluding hydrogens is 538 g/mol. The van der Waals surface area contributed by atoms with Crippen LogP contribution < -0.4 is 11.1 Å². The molecule has 2 bridgehead atoms. The van der Waals surface area contributed by atoms with E-state index in [-0.39, 0.29) is 54.1 Å². The van der Waals surface area contributed by atoms with E-state index in [1.54, 1.807) is 16.4 Å². The number of pyridine rings is 1. The van der Waals surface area contributed by atoms with Gasteiger partial charge in [0.1, 0.15) is 11.6 Å². The van der Waals surface area contributed by atoms with Crippen molar-refractivity contribution >= 4 is 15.8 Å². The summed E-state index contributed by atoms with van der Waals surface area (Å²) in [5.41, 5.74) is 8.24. The number of halogens is 2. The van der Waals surface area contributed by atoms with Crippen molar-refractivity contribution in [3.8, 4) is 0 Å². The summed E-state index contributed by atoms with van der Waals surface area (Å²) in [6, 6.07) is 5.10. The van der Waals surface area contributed by atoms with Gasteiger partial charge in [-0.1, -0.05) is 12.1 Å². The normalized spacial score (nSPS) is 26.5. The third-order valence-corrected chi connectivity index (χ3v) is 10.7. The highest BCUT2D eigenvalue weighted by atomic mass is 32.2. The number of carbonyl (C=O) groups is 1. The molecule has 0 radical (unpaired) electrons. The Kier molecular flexibility index (Phi) is 9.26. The van der Waals surface area contributed by atoms with Crippen molar-refractivity contribution in [3.05, 3.63) is 65.0 Å². The van der Waals surface area contributed by atoms with E-state index in [2.05, 4.69) is 10.3 Å². The van der Waals surface area contributed by atoms with Crippen LogP contribution in [0.4, 0.5) is 8.78 Å². The van der Waals surface area contributed by atoms with Crippen molar-refractivity contribution in [3.63, 3.8) is 0 Å². The number of hydrogen-bond acceptors (Lipinski definition) is 7. The third-order valence-electron chi connectivity index (χ3n) is 8.74. The van der Waals surface area contributed by atoms with Gasteiger partial charge in [0.05, 0.1) is 18.0 Å². The lowest BCUT2D eigenvalue weighted by molar-refractivity contribution is -0.120. The fraction of sp³-hybridized carbons (Fsp3) is 0.586. The number of Topliss-reactive ketones (excluding diaryl/α,β-unsaturated/α-hetero) is 1. The monoisotopic (exact) mass is 576 g/mol. The quantitative estimate of drug-likeness (QED) is 0.472. The van der Waals surface area contributed by atoms with Crippen LogP contribution in [0, 0.1) is 17.6 Å². The van der Waals surface area contributed by atoms with E-state index in [0.717, 1.165) is 31.0 Å². The van der Waals surface area contributed by atoms with Crippen LogP contribution in [-0.4, -0.2) is 73.7 Å². The second kappa shape index (κ2) is 12.7. The molecule has 3 fully saturated rings. The van der Waals surface area contributed by atoms with Gasteiger partial charge in [0, 0.05) is 56.9 Å². The Morgan fingerprint density at radius 1 is 1.15 bits per heavy atom. The van der Waals surface area contributed by atoms with Gasteiger partial charge < -0.3 is 15.8 Å². The third kappa shape index (κ3) is 6.60. The molecule has 3 aliphatic heterocycles. The van der Waals surface area contributed by atoms with Crippen LogP contribution in [0.15, 0.2) is 36.7 Å². The van der Waals surface area contributed by atoms with E-state index in [1.807, 2.05) is 0 Å². The Balaban J connectivity index is 1.32. The van der Waals surface area contributed by atoms with Crippen LogP contribution in [0.25, 0.3) is 0 Å². The predicted molar refractivity (Wildman–Crippen MR) is 147 cm³/mol. The highest BCUT2D eigenvalue weighted by Gasteiger charge is 2.38. The first-order chi connectivity index (χ1) is 19.2. The summed E-state index contributed by atoms with van der Waals surface area (Å²) in [6.07, 6.45) is 6.17. The van der Waals surface area contributed by atoms with Crippen molar-refractivity contribution in [2.45, 2.75) is 69.0 Å². The molecule has 3 aliphatic rings. The van der Waals surface area contributed by atoms with E-state index in [1.165, 1.54) is 18.3 Å². The zero-order chi connectivity index (χ0) is 28.3. The van der Waals surface area contributed by atoms with Crippen molar-refractivity contribution in [2.24, 2.45) is 11.7 Å². The summed E-state index contributed by atoms with van der Waals surface area (Å²) in [4.78, 5) is 17.6. The first-order valence-electron chi connectivity index (χ1n) is 14.2. The number of piperazine rings is 1. The van der Waals surface area contributed by atoms with E-state index in [0.29, 0.717) is 50.3 Å². The van der Waals surface area contributed by atoms with Gasteiger partial charge in [-0.25, -0.2) is 17.2 Å². The fourth-order valence-electron chi connectivity index (χ4n) is 6.53. The summed E-state index contributed by atoms with van der Waals surface area (Å²) in [5, 5.41) is 3.44. The average molecular weight is 577 g/mol. The Labute approximate surface area is 234 Å². The van der Waals surface area contributed by atoms with Gasteiger partial charge in [-0.05, 0) is 73.3 Å². The fourth-order valence-corrected chi connectivity index (χ4v) is 8.34. The van der Waals surface area contributed by atoms with Crippen LogP contribution in [0.2, 0.25) is 0 Å². The number of nitrogens with two attached hydrogens (primary N) is 1. The molecule has 0 saturated carbocycles. The number of ketones is 1. The number of hydrogen-bond donors (Lipinski definition) is 2. The molecule has 1 aromatic heterocycles. The van der Waals surface area contributed by atoms with Crippen LogP contribution in [-0.2, 0) is 32.4 Å². The molecule has 40 heavy (non-hydrogen) atoms. The second-order valence-corrected chi connectivity index (χ2v) is 13.3. The zero-order valence-corrected chi connectivity index (χ0v) is 23.4. The number of aromatic nitrogens is 1. The number of ether oxygens (including phenoxy) is 1. The predicted octanol–water partition coefficient (Wildman–Crippen LogP) is 2.71. The topological polar surface area (TPSA) is 115 Å². The van der Waals surface area contributed by atoms with Gasteiger partial charge in [0.15, 0.2) is 5.78 Å². The minimum absolute atomic E-state index is 0.0881. The van der Waals surface area contributed by atoms with Crippen LogP contribution in [0.5, 0.6) is 0 Å². The Bertz CT molecular complexity index is 1290. The van der Waals surface area contributed by atoms with Gasteiger partial charge in [-0.15, -0.1) is 0 Å². The van der Waals surface area contributed by atoms with E-state index < -0.39 is 21.9 Å². The number of benzene rings is 1. The van der Waals surface area contributed by atoms with E-state index in [4.69, 9.17) is 10.5 Å². The lowest BCUT2D eigenvalue weighted by Crippen LogP contribution is -2.57. The van der Waals surface area contributed by atoms with Crippen molar-refractivity contribution in [2.75, 3.05) is 32.1 Å². The smallest absolute Gasteiger partial charge is 0.214 e. The minimum Gasteiger partial charge on any atom is -0.381 e. The van der Waals surface area contributed by atoms with Gasteiger partial charge >= 0.3 is 0 Å². The second-order valence-electron chi connectivity index (χ2n) is 11.3. The molecule has 4 heterocycles. The molecule has 3 saturated heterocycles. The SMILES string of the molecule is N[C@H](C(=O)Cc1cncc(F)c1CC[C@H]1CN[C@@H]2CCCS(=O)(=O)N1C2)[C@@H](c1ccc(F)cc1)C1CCOCC1. The lowest BCUT2D eigenvalue weighted by Gasteiger charge is -2.37. The van der Waals surface area contributed by atoms with Gasteiger partial charge in [0.25, 0.3) is 0 Å². The van der Waals surface area contributed by atoms with Crippen LogP contribution in [0.1, 0.15) is 54.7 Å². The number of nitrogens with one attached hydrogen (secondary N) is 1. The maximum Gasteiger partial charge on any atom is 0.214 e. The van der Waals surface area contributed by atoms with Crippen LogP contribution >= 0.6 is 0 Å².